The summed E-state index contributed by atoms with van der Waals surface area (Å²) in [7, 11) is 0. The second kappa shape index (κ2) is 5.50. The average Bonchev–Trinajstić information content (AvgIpc) is 2.50. The summed E-state index contributed by atoms with van der Waals surface area (Å²) in [6.45, 7) is 5.66. The maximum atomic E-state index is 9.36. The Morgan fingerprint density at radius 3 is 2.81 bits per heavy atom. The van der Waals surface area contributed by atoms with E-state index in [1.165, 1.54) is 32.1 Å². The molecule has 0 spiro atoms. The van der Waals surface area contributed by atoms with Crippen molar-refractivity contribution < 1.29 is 9.84 Å². The lowest BCUT2D eigenvalue weighted by molar-refractivity contribution is -0.00215. The fourth-order valence-electron chi connectivity index (χ4n) is 3.66. The smallest absolute Gasteiger partial charge is 0.0547 e. The van der Waals surface area contributed by atoms with Crippen LogP contribution in [0.2, 0.25) is 0 Å². The van der Waals surface area contributed by atoms with Crippen molar-refractivity contribution in [1.82, 2.24) is 0 Å². The van der Waals surface area contributed by atoms with Gasteiger partial charge in [-0.05, 0) is 49.9 Å². The van der Waals surface area contributed by atoms with E-state index in [0.29, 0.717) is 30.5 Å². The van der Waals surface area contributed by atoms with Crippen molar-refractivity contribution in [3.8, 4) is 0 Å². The van der Waals surface area contributed by atoms with Gasteiger partial charge in [0.2, 0.25) is 0 Å². The molecule has 1 saturated heterocycles. The van der Waals surface area contributed by atoms with Crippen LogP contribution in [0.1, 0.15) is 46.0 Å². The molecule has 16 heavy (non-hydrogen) atoms. The first kappa shape index (κ1) is 12.4. The molecule has 94 valence electrons. The van der Waals surface area contributed by atoms with Gasteiger partial charge in [0.05, 0.1) is 12.7 Å². The fourth-order valence-corrected chi connectivity index (χ4v) is 3.66. The van der Waals surface area contributed by atoms with Crippen molar-refractivity contribution in [3.63, 3.8) is 0 Å². The number of hydrogen-bond acceptors (Lipinski definition) is 2. The highest BCUT2D eigenvalue weighted by molar-refractivity contribution is 4.86. The summed E-state index contributed by atoms with van der Waals surface area (Å²) in [6, 6.07) is 0. The first-order valence-corrected chi connectivity index (χ1v) is 6.94. The zero-order chi connectivity index (χ0) is 11.5. The average molecular weight is 226 g/mol. The highest BCUT2D eigenvalue weighted by atomic mass is 16.5. The van der Waals surface area contributed by atoms with Gasteiger partial charge in [0.1, 0.15) is 0 Å². The molecule has 2 rings (SSSR count). The lowest BCUT2D eigenvalue weighted by Crippen LogP contribution is -2.35. The van der Waals surface area contributed by atoms with Crippen LogP contribution in [0.4, 0.5) is 0 Å². The number of aliphatic hydroxyl groups excluding tert-OH is 1. The molecular formula is C14H26O2. The Morgan fingerprint density at radius 1 is 1.25 bits per heavy atom. The van der Waals surface area contributed by atoms with Gasteiger partial charge in [-0.3, -0.25) is 0 Å². The second-order valence-corrected chi connectivity index (χ2v) is 5.90. The second-order valence-electron chi connectivity index (χ2n) is 5.90. The molecule has 0 amide bonds. The Morgan fingerprint density at radius 2 is 2.06 bits per heavy atom. The minimum Gasteiger partial charge on any atom is -0.396 e. The van der Waals surface area contributed by atoms with E-state index in [9.17, 15) is 5.11 Å². The predicted octanol–water partition coefficient (Wildman–Crippen LogP) is 2.85. The molecule has 2 aliphatic rings. The fraction of sp³-hybridized carbons (Fsp3) is 1.00. The Balaban J connectivity index is 2.04. The maximum Gasteiger partial charge on any atom is 0.0547 e. The Bertz CT molecular complexity index is 217. The molecule has 1 heterocycles. The Labute approximate surface area is 99.4 Å². The van der Waals surface area contributed by atoms with E-state index in [-0.39, 0.29) is 0 Å². The monoisotopic (exact) mass is 226 g/mol. The molecule has 0 bridgehead atoms. The molecule has 2 fully saturated rings. The van der Waals surface area contributed by atoms with Crippen LogP contribution in [0.5, 0.6) is 0 Å². The zero-order valence-corrected chi connectivity index (χ0v) is 10.7. The standard InChI is InChI=1S/C14H26O2/c1-10(8-15)13-5-3-4-12-7-6-11(2)16-9-14(12)13/h10-15H,3-9H2,1-2H3/t10-,11?,12+,13-,14?/m0/s1. The van der Waals surface area contributed by atoms with Gasteiger partial charge in [0, 0.05) is 6.61 Å². The van der Waals surface area contributed by atoms with Crippen LogP contribution in [0.15, 0.2) is 0 Å². The molecular weight excluding hydrogens is 200 g/mol. The minimum absolute atomic E-state index is 0.337. The Kier molecular flexibility index (Phi) is 4.26. The summed E-state index contributed by atoms with van der Waals surface area (Å²) in [5.41, 5.74) is 0. The van der Waals surface area contributed by atoms with Gasteiger partial charge in [-0.15, -0.1) is 0 Å². The molecule has 1 N–H and O–H groups in total. The quantitative estimate of drug-likeness (QED) is 0.784. The van der Waals surface area contributed by atoms with Crippen LogP contribution >= 0.6 is 0 Å². The predicted molar refractivity (Wildman–Crippen MR) is 65.2 cm³/mol. The summed E-state index contributed by atoms with van der Waals surface area (Å²) >= 11 is 0. The van der Waals surface area contributed by atoms with E-state index in [0.717, 1.165) is 12.5 Å². The van der Waals surface area contributed by atoms with Crippen molar-refractivity contribution in [2.75, 3.05) is 13.2 Å². The number of hydrogen-bond donors (Lipinski definition) is 1. The zero-order valence-electron chi connectivity index (χ0n) is 10.7. The number of aliphatic hydroxyl groups is 1. The summed E-state index contributed by atoms with van der Waals surface area (Å²) in [4.78, 5) is 0. The summed E-state index contributed by atoms with van der Waals surface area (Å²) in [5.74, 6) is 2.71. The molecule has 2 nitrogen and oxygen atoms in total. The van der Waals surface area contributed by atoms with Crippen molar-refractivity contribution in [2.45, 2.75) is 52.1 Å². The van der Waals surface area contributed by atoms with Gasteiger partial charge in [0.25, 0.3) is 0 Å². The highest BCUT2D eigenvalue weighted by Crippen LogP contribution is 2.43. The molecule has 2 unspecified atom stereocenters. The summed E-state index contributed by atoms with van der Waals surface area (Å²) < 4.78 is 5.92. The third kappa shape index (κ3) is 2.60. The Hall–Kier alpha value is -0.0800. The molecule has 5 atom stereocenters. The number of rotatable bonds is 2. The normalized spacial score (nSPS) is 42.2. The first-order valence-electron chi connectivity index (χ1n) is 6.94. The summed E-state index contributed by atoms with van der Waals surface area (Å²) in [6.07, 6.45) is 7.03. The van der Waals surface area contributed by atoms with Gasteiger partial charge in [0.15, 0.2) is 0 Å². The molecule has 1 aliphatic heterocycles. The van der Waals surface area contributed by atoms with E-state index < -0.39 is 0 Å². The topological polar surface area (TPSA) is 29.5 Å². The molecule has 0 aromatic heterocycles. The van der Waals surface area contributed by atoms with Crippen LogP contribution in [0, 0.1) is 23.7 Å². The van der Waals surface area contributed by atoms with E-state index in [2.05, 4.69) is 13.8 Å². The molecule has 1 saturated carbocycles. The van der Waals surface area contributed by atoms with Crippen LogP contribution in [-0.2, 0) is 4.74 Å². The molecule has 0 radical (unpaired) electrons. The number of fused-ring (bicyclic) bond motifs is 1. The van der Waals surface area contributed by atoms with Crippen LogP contribution in [0.3, 0.4) is 0 Å². The van der Waals surface area contributed by atoms with Gasteiger partial charge in [-0.1, -0.05) is 19.8 Å². The van der Waals surface area contributed by atoms with Crippen molar-refractivity contribution >= 4 is 0 Å². The van der Waals surface area contributed by atoms with Crippen molar-refractivity contribution in [1.29, 1.82) is 0 Å². The van der Waals surface area contributed by atoms with Crippen molar-refractivity contribution in [3.05, 3.63) is 0 Å². The van der Waals surface area contributed by atoms with Gasteiger partial charge >= 0.3 is 0 Å². The lowest BCUT2D eigenvalue weighted by Gasteiger charge is -2.39. The molecule has 0 aromatic carbocycles. The van der Waals surface area contributed by atoms with Crippen molar-refractivity contribution in [2.24, 2.45) is 23.7 Å². The summed E-state index contributed by atoms with van der Waals surface area (Å²) in [5, 5.41) is 9.36. The maximum absolute atomic E-state index is 9.36. The van der Waals surface area contributed by atoms with Gasteiger partial charge in [-0.2, -0.15) is 0 Å². The molecule has 1 aliphatic carbocycles. The van der Waals surface area contributed by atoms with Gasteiger partial charge < -0.3 is 9.84 Å². The van der Waals surface area contributed by atoms with E-state index in [1.807, 2.05) is 0 Å². The van der Waals surface area contributed by atoms with E-state index in [1.54, 1.807) is 0 Å². The van der Waals surface area contributed by atoms with Crippen LogP contribution in [0.25, 0.3) is 0 Å². The molecule has 0 aromatic rings. The van der Waals surface area contributed by atoms with E-state index in [4.69, 9.17) is 4.74 Å². The molecule has 2 heteroatoms. The third-order valence-electron chi connectivity index (χ3n) is 4.80. The lowest BCUT2D eigenvalue weighted by atomic mass is 9.67. The largest absolute Gasteiger partial charge is 0.396 e. The third-order valence-corrected chi connectivity index (χ3v) is 4.80. The van der Waals surface area contributed by atoms with Crippen LogP contribution < -0.4 is 0 Å². The van der Waals surface area contributed by atoms with Crippen LogP contribution in [-0.4, -0.2) is 24.4 Å². The minimum atomic E-state index is 0.337. The highest BCUT2D eigenvalue weighted by Gasteiger charge is 2.37. The van der Waals surface area contributed by atoms with E-state index >= 15 is 0 Å². The number of ether oxygens (including phenoxy) is 1. The first-order chi connectivity index (χ1) is 7.72. The SMILES string of the molecule is CC1CC[C@H]2CCC[C@@H]([C@@H](C)CO)C2CO1. The van der Waals surface area contributed by atoms with Gasteiger partial charge in [-0.25, -0.2) is 0 Å².